The van der Waals surface area contributed by atoms with Crippen LogP contribution in [0.2, 0.25) is 0 Å². The molecule has 1 fully saturated rings. The maximum Gasteiger partial charge on any atom is 0.490 e. The molecule has 2 rings (SSSR count). The van der Waals surface area contributed by atoms with E-state index in [2.05, 4.69) is 21.3 Å². The minimum atomic E-state index is -5.08. The number of carbonyl (C=O) groups excluding carboxylic acids is 4. The number of carboxylic acids is 1. The Balaban J connectivity index is 0.00000106. The topological polar surface area (TPSA) is 172 Å². The number of rotatable bonds is 12. The SMILES string of the molecule is COC(=O)[C@H](CCCNC(=O)OCc1ccccc1)NC(=O)[C@@H](NC(=O)[C@@H]1CCCN1)C(C)C.O=C(O)C(F)(F)F. The first-order valence-electron chi connectivity index (χ1n) is 12.9. The smallest absolute Gasteiger partial charge is 0.475 e. The van der Waals surface area contributed by atoms with E-state index >= 15 is 0 Å². The maximum absolute atomic E-state index is 12.9. The summed E-state index contributed by atoms with van der Waals surface area (Å²) in [5.41, 5.74) is 0.877. The van der Waals surface area contributed by atoms with Crippen molar-refractivity contribution in [3.8, 4) is 0 Å². The molecule has 3 atom stereocenters. The standard InChI is InChI=1S/C24H36N4O6.C2HF3O2/c1-16(2)20(28-21(29)18-11-7-13-25-18)22(30)27-19(23(31)33-3)12-8-14-26-24(32)34-15-17-9-5-4-6-10-17;3-2(4,5)1(6)7/h4-6,9-10,16,18-20,25H,7-8,11-15H2,1-3H3,(H,26,32)(H,27,30)(H,28,29);(H,6,7)/t18-,19-,20-;/m0./s1. The van der Waals surface area contributed by atoms with Gasteiger partial charge in [-0.1, -0.05) is 44.2 Å². The summed E-state index contributed by atoms with van der Waals surface area (Å²) in [5.74, 6) is -4.20. The van der Waals surface area contributed by atoms with Crippen molar-refractivity contribution in [1.29, 1.82) is 0 Å². The summed E-state index contributed by atoms with van der Waals surface area (Å²) in [4.78, 5) is 58.3. The molecule has 15 heteroatoms. The molecular weight excluding hydrogens is 553 g/mol. The fourth-order valence-corrected chi connectivity index (χ4v) is 3.62. The van der Waals surface area contributed by atoms with Gasteiger partial charge < -0.3 is 35.8 Å². The lowest BCUT2D eigenvalue weighted by molar-refractivity contribution is -0.192. The molecule has 0 saturated carbocycles. The van der Waals surface area contributed by atoms with Crippen molar-refractivity contribution in [2.75, 3.05) is 20.2 Å². The van der Waals surface area contributed by atoms with Crippen LogP contribution in [0.15, 0.2) is 30.3 Å². The van der Waals surface area contributed by atoms with Gasteiger partial charge in [-0.3, -0.25) is 9.59 Å². The van der Waals surface area contributed by atoms with E-state index in [1.165, 1.54) is 7.11 Å². The number of carboxylic acid groups (broad SMARTS) is 1. The monoisotopic (exact) mass is 590 g/mol. The Kier molecular flexibility index (Phi) is 15.2. The predicted octanol–water partition coefficient (Wildman–Crippen LogP) is 1.88. The van der Waals surface area contributed by atoms with Crippen molar-refractivity contribution in [3.05, 3.63) is 35.9 Å². The van der Waals surface area contributed by atoms with Crippen LogP contribution in [0.5, 0.6) is 0 Å². The molecule has 0 radical (unpaired) electrons. The summed E-state index contributed by atoms with van der Waals surface area (Å²) in [6.07, 6.45) is -3.35. The van der Waals surface area contributed by atoms with E-state index in [4.69, 9.17) is 19.4 Å². The summed E-state index contributed by atoms with van der Waals surface area (Å²) < 4.78 is 41.7. The first kappa shape index (κ1) is 35.1. The number of esters is 1. The highest BCUT2D eigenvalue weighted by atomic mass is 19.4. The lowest BCUT2D eigenvalue weighted by Crippen LogP contribution is -2.56. The molecule has 41 heavy (non-hydrogen) atoms. The molecule has 1 aromatic carbocycles. The van der Waals surface area contributed by atoms with Gasteiger partial charge in [-0.05, 0) is 43.7 Å². The molecule has 1 saturated heterocycles. The number of ether oxygens (including phenoxy) is 2. The fourth-order valence-electron chi connectivity index (χ4n) is 3.62. The van der Waals surface area contributed by atoms with Crippen LogP contribution in [0, 0.1) is 5.92 Å². The number of methoxy groups -OCH3 is 1. The molecule has 1 aromatic rings. The second kappa shape index (κ2) is 17.7. The van der Waals surface area contributed by atoms with Crippen molar-refractivity contribution in [1.82, 2.24) is 21.3 Å². The molecule has 1 heterocycles. The van der Waals surface area contributed by atoms with Crippen LogP contribution < -0.4 is 21.3 Å². The number of benzene rings is 1. The number of halogens is 3. The quantitative estimate of drug-likeness (QED) is 0.180. The van der Waals surface area contributed by atoms with E-state index in [0.29, 0.717) is 6.42 Å². The highest BCUT2D eigenvalue weighted by Gasteiger charge is 2.38. The third kappa shape index (κ3) is 13.8. The number of aliphatic carboxylic acids is 1. The van der Waals surface area contributed by atoms with E-state index < -0.39 is 42.2 Å². The molecule has 5 N–H and O–H groups in total. The molecule has 230 valence electrons. The number of carbonyl (C=O) groups is 5. The van der Waals surface area contributed by atoms with Gasteiger partial charge in [-0.15, -0.1) is 0 Å². The van der Waals surface area contributed by atoms with Crippen molar-refractivity contribution in [3.63, 3.8) is 0 Å². The molecule has 0 spiro atoms. The minimum Gasteiger partial charge on any atom is -0.475 e. The van der Waals surface area contributed by atoms with Gasteiger partial charge in [-0.25, -0.2) is 14.4 Å². The number of hydrogen-bond acceptors (Lipinski definition) is 8. The minimum absolute atomic E-state index is 0.159. The zero-order valence-corrected chi connectivity index (χ0v) is 23.1. The van der Waals surface area contributed by atoms with Crippen LogP contribution in [-0.2, 0) is 35.3 Å². The van der Waals surface area contributed by atoms with E-state index in [9.17, 15) is 32.3 Å². The highest BCUT2D eigenvalue weighted by molar-refractivity contribution is 5.92. The molecule has 1 aliphatic rings. The summed E-state index contributed by atoms with van der Waals surface area (Å²) in [6, 6.07) is 7.32. The van der Waals surface area contributed by atoms with E-state index in [1.807, 2.05) is 44.2 Å². The van der Waals surface area contributed by atoms with Gasteiger partial charge in [0.05, 0.1) is 13.2 Å². The van der Waals surface area contributed by atoms with Gasteiger partial charge >= 0.3 is 24.2 Å². The second-order valence-corrected chi connectivity index (χ2v) is 9.40. The average molecular weight is 591 g/mol. The van der Waals surface area contributed by atoms with Gasteiger partial charge in [0.15, 0.2) is 0 Å². The summed E-state index contributed by atoms with van der Waals surface area (Å²) in [7, 11) is 1.24. The normalized spacial score (nSPS) is 15.9. The number of nitrogens with one attached hydrogen (secondary N) is 4. The van der Waals surface area contributed by atoms with Crippen LogP contribution in [0.25, 0.3) is 0 Å². The van der Waals surface area contributed by atoms with Gasteiger partial charge in [0.1, 0.15) is 18.7 Å². The third-order valence-corrected chi connectivity index (χ3v) is 5.82. The number of alkyl halides is 3. The number of alkyl carbamates (subject to hydrolysis) is 1. The zero-order chi connectivity index (χ0) is 31.0. The van der Waals surface area contributed by atoms with Crippen molar-refractivity contribution >= 4 is 29.8 Å². The molecule has 0 aliphatic carbocycles. The fraction of sp³-hybridized carbons (Fsp3) is 0.577. The van der Waals surface area contributed by atoms with Gasteiger partial charge in [0.25, 0.3) is 0 Å². The summed E-state index contributed by atoms with van der Waals surface area (Å²) >= 11 is 0. The second-order valence-electron chi connectivity index (χ2n) is 9.40. The summed E-state index contributed by atoms with van der Waals surface area (Å²) in [5, 5.41) is 18.3. The molecule has 0 unspecified atom stereocenters. The van der Waals surface area contributed by atoms with Crippen LogP contribution in [-0.4, -0.2) is 79.5 Å². The first-order valence-corrected chi connectivity index (χ1v) is 12.9. The lowest BCUT2D eigenvalue weighted by atomic mass is 10.0. The average Bonchev–Trinajstić information content (AvgIpc) is 3.47. The van der Waals surface area contributed by atoms with E-state index in [0.717, 1.165) is 24.9 Å². The Morgan fingerprint density at radius 2 is 1.73 bits per heavy atom. The zero-order valence-electron chi connectivity index (χ0n) is 23.1. The summed E-state index contributed by atoms with van der Waals surface area (Å²) in [6.45, 7) is 4.84. The van der Waals surface area contributed by atoms with E-state index in [-0.39, 0.29) is 37.4 Å². The predicted molar refractivity (Wildman–Crippen MR) is 139 cm³/mol. The first-order chi connectivity index (χ1) is 19.3. The lowest BCUT2D eigenvalue weighted by Gasteiger charge is -2.25. The Morgan fingerprint density at radius 3 is 2.24 bits per heavy atom. The Labute approximate surface area is 235 Å². The molecule has 12 nitrogen and oxygen atoms in total. The van der Waals surface area contributed by atoms with Crippen LogP contribution in [0.4, 0.5) is 18.0 Å². The largest absolute Gasteiger partial charge is 0.490 e. The molecular formula is C26H37F3N4O8. The van der Waals surface area contributed by atoms with E-state index in [1.54, 1.807) is 0 Å². The molecule has 1 aliphatic heterocycles. The van der Waals surface area contributed by atoms with Crippen LogP contribution in [0.1, 0.15) is 45.1 Å². The third-order valence-electron chi connectivity index (χ3n) is 5.82. The van der Waals surface area contributed by atoms with Crippen molar-refractivity contribution in [2.45, 2.75) is 70.4 Å². The van der Waals surface area contributed by atoms with Gasteiger partial charge in [0, 0.05) is 6.54 Å². The van der Waals surface area contributed by atoms with Crippen LogP contribution >= 0.6 is 0 Å². The highest BCUT2D eigenvalue weighted by Crippen LogP contribution is 2.13. The number of hydrogen-bond donors (Lipinski definition) is 5. The van der Waals surface area contributed by atoms with Crippen LogP contribution in [0.3, 0.4) is 0 Å². The Bertz CT molecular complexity index is 1000. The number of amides is 3. The molecule has 0 bridgehead atoms. The van der Waals surface area contributed by atoms with Gasteiger partial charge in [-0.2, -0.15) is 13.2 Å². The van der Waals surface area contributed by atoms with Gasteiger partial charge in [0.2, 0.25) is 11.8 Å². The van der Waals surface area contributed by atoms with Crippen molar-refractivity contribution < 1.29 is 51.7 Å². The Morgan fingerprint density at radius 1 is 1.10 bits per heavy atom. The molecule has 0 aromatic heterocycles. The maximum atomic E-state index is 12.9. The van der Waals surface area contributed by atoms with Crippen molar-refractivity contribution in [2.24, 2.45) is 5.92 Å². The Hall–Kier alpha value is -3.88. The molecule has 3 amide bonds.